The van der Waals surface area contributed by atoms with Gasteiger partial charge in [-0.15, -0.1) is 0 Å². The number of carbonyl (C=O) groups excluding carboxylic acids is 1. The summed E-state index contributed by atoms with van der Waals surface area (Å²) < 4.78 is 55.5. The maximum Gasteiger partial charge on any atom is 0.262 e. The van der Waals surface area contributed by atoms with Gasteiger partial charge in [0.1, 0.15) is 11.5 Å². The third kappa shape index (κ3) is 3.74. The fraction of sp³-hybridized carbons (Fsp3) is 0. The van der Waals surface area contributed by atoms with Crippen LogP contribution in [0.1, 0.15) is 15.9 Å². The first-order chi connectivity index (χ1) is 14.8. The van der Waals surface area contributed by atoms with Crippen LogP contribution >= 0.6 is 0 Å². The Morgan fingerprint density at radius 3 is 2.61 bits per heavy atom. The van der Waals surface area contributed by atoms with E-state index in [1.54, 1.807) is 0 Å². The number of halogens is 2. The van der Waals surface area contributed by atoms with Gasteiger partial charge in [0.2, 0.25) is 5.69 Å². The molecule has 0 bridgehead atoms. The molecule has 4 aromatic rings. The van der Waals surface area contributed by atoms with E-state index in [0.717, 1.165) is 24.3 Å². The molecule has 0 amide bonds. The van der Waals surface area contributed by atoms with Crippen LogP contribution in [0, 0.1) is 18.2 Å². The van der Waals surface area contributed by atoms with Crippen LogP contribution in [0.3, 0.4) is 0 Å². The van der Waals surface area contributed by atoms with E-state index in [1.165, 1.54) is 36.7 Å². The van der Waals surface area contributed by atoms with E-state index >= 15 is 4.39 Å². The van der Waals surface area contributed by atoms with Crippen LogP contribution in [0.4, 0.5) is 20.2 Å². The van der Waals surface area contributed by atoms with Gasteiger partial charge in [0.15, 0.2) is 11.6 Å². The number of benzene rings is 2. The molecule has 0 atom stereocenters. The first-order valence-corrected chi connectivity index (χ1v) is 10.2. The summed E-state index contributed by atoms with van der Waals surface area (Å²) in [4.78, 5) is 22.7. The number of hydrogen-bond donors (Lipinski definition) is 2. The van der Waals surface area contributed by atoms with Gasteiger partial charge in [-0.1, -0.05) is 12.1 Å². The summed E-state index contributed by atoms with van der Waals surface area (Å²) in [6, 6.07) is 9.37. The van der Waals surface area contributed by atoms with Crippen molar-refractivity contribution in [1.29, 1.82) is 0 Å². The zero-order chi connectivity index (χ0) is 22.2. The highest BCUT2D eigenvalue weighted by Gasteiger charge is 2.23. The average Bonchev–Trinajstić information content (AvgIpc) is 3.17. The van der Waals surface area contributed by atoms with Gasteiger partial charge in [-0.3, -0.25) is 14.5 Å². The molecule has 2 aromatic carbocycles. The van der Waals surface area contributed by atoms with Crippen LogP contribution in [-0.2, 0) is 10.0 Å². The molecule has 2 aromatic heterocycles. The second-order valence-corrected chi connectivity index (χ2v) is 8.15. The highest BCUT2D eigenvalue weighted by atomic mass is 32.2. The summed E-state index contributed by atoms with van der Waals surface area (Å²) in [5, 5.41) is 0.337. The summed E-state index contributed by atoms with van der Waals surface area (Å²) in [5.74, 6) is -2.57. The number of aromatic amines is 1. The number of pyridine rings is 1. The van der Waals surface area contributed by atoms with E-state index < -0.39 is 38.0 Å². The standard InChI is InChI=1S/C21H12F2N4O3S/c1-24-13-9-16-17(11-26-21(16)25-10-13)20(28)15-6-3-7-18(19(15)23)27-31(29,30)14-5-2-4-12(22)8-14/h2-11,27H,(H,25,26). The normalized spacial score (nSPS) is 11.3. The summed E-state index contributed by atoms with van der Waals surface area (Å²) in [5.41, 5.74) is -0.210. The first kappa shape index (κ1) is 20.2. The lowest BCUT2D eigenvalue weighted by Gasteiger charge is -2.11. The molecule has 0 unspecified atom stereocenters. The number of nitrogens with zero attached hydrogens (tertiary/aromatic N) is 2. The molecule has 4 rings (SSSR count). The number of hydrogen-bond acceptors (Lipinski definition) is 4. The molecule has 0 saturated heterocycles. The van der Waals surface area contributed by atoms with Crippen LogP contribution in [0.5, 0.6) is 0 Å². The maximum atomic E-state index is 15.1. The molecule has 0 aliphatic carbocycles. The monoisotopic (exact) mass is 438 g/mol. The lowest BCUT2D eigenvalue weighted by Crippen LogP contribution is -2.15. The van der Waals surface area contributed by atoms with Crippen LogP contribution < -0.4 is 4.72 Å². The van der Waals surface area contributed by atoms with Crippen molar-refractivity contribution in [2.45, 2.75) is 4.90 Å². The molecular weight excluding hydrogens is 426 g/mol. The molecule has 7 nitrogen and oxygen atoms in total. The Kier molecular flexibility index (Phi) is 4.96. The minimum Gasteiger partial charge on any atom is -0.345 e. The SMILES string of the molecule is [C-]#[N+]c1cnc2[nH]cc(C(=O)c3cccc(NS(=O)(=O)c4cccc(F)c4)c3F)c2c1. The van der Waals surface area contributed by atoms with Crippen molar-refractivity contribution in [3.05, 3.63) is 95.1 Å². The molecule has 0 saturated carbocycles. The minimum absolute atomic E-state index is 0.0806. The molecule has 10 heteroatoms. The fourth-order valence-electron chi connectivity index (χ4n) is 3.01. The summed E-state index contributed by atoms with van der Waals surface area (Å²) in [6.07, 6.45) is 2.68. The second kappa shape index (κ2) is 7.62. The summed E-state index contributed by atoms with van der Waals surface area (Å²) >= 11 is 0. The topological polar surface area (TPSA) is 96.3 Å². The number of anilines is 1. The quantitative estimate of drug-likeness (QED) is 0.356. The molecule has 2 N–H and O–H groups in total. The fourth-order valence-corrected chi connectivity index (χ4v) is 4.10. The predicted octanol–water partition coefficient (Wildman–Crippen LogP) is 4.42. The Morgan fingerprint density at radius 2 is 1.87 bits per heavy atom. The Bertz CT molecular complexity index is 1490. The van der Waals surface area contributed by atoms with Gasteiger partial charge in [0.25, 0.3) is 10.0 Å². The van der Waals surface area contributed by atoms with E-state index in [0.29, 0.717) is 11.0 Å². The zero-order valence-corrected chi connectivity index (χ0v) is 16.4. The molecular formula is C21H12F2N4O3S. The lowest BCUT2D eigenvalue weighted by molar-refractivity contribution is 0.103. The van der Waals surface area contributed by atoms with Gasteiger partial charge in [0.05, 0.1) is 22.7 Å². The Labute approximate surface area is 175 Å². The predicted molar refractivity (Wildman–Crippen MR) is 109 cm³/mol. The van der Waals surface area contributed by atoms with Crippen molar-refractivity contribution < 1.29 is 22.0 Å². The molecule has 0 radical (unpaired) electrons. The lowest BCUT2D eigenvalue weighted by atomic mass is 10.0. The number of aromatic nitrogens is 2. The molecule has 2 heterocycles. The van der Waals surface area contributed by atoms with Crippen LogP contribution in [0.2, 0.25) is 0 Å². The van der Waals surface area contributed by atoms with E-state index in [4.69, 9.17) is 6.57 Å². The van der Waals surface area contributed by atoms with Crippen molar-refractivity contribution >= 4 is 38.2 Å². The molecule has 31 heavy (non-hydrogen) atoms. The second-order valence-electron chi connectivity index (χ2n) is 6.46. The number of nitrogens with one attached hydrogen (secondary N) is 2. The van der Waals surface area contributed by atoms with Crippen molar-refractivity contribution in [3.63, 3.8) is 0 Å². The smallest absolute Gasteiger partial charge is 0.262 e. The van der Waals surface area contributed by atoms with Gasteiger partial charge in [-0.05, 0) is 36.4 Å². The van der Waals surface area contributed by atoms with Crippen LogP contribution in [-0.4, -0.2) is 24.2 Å². The summed E-state index contributed by atoms with van der Waals surface area (Å²) in [6.45, 7) is 7.09. The van der Waals surface area contributed by atoms with Gasteiger partial charge in [0, 0.05) is 23.3 Å². The number of ketones is 1. The number of H-pyrrole nitrogens is 1. The molecule has 154 valence electrons. The summed E-state index contributed by atoms with van der Waals surface area (Å²) in [7, 11) is -4.29. The molecule has 0 spiro atoms. The van der Waals surface area contributed by atoms with Crippen molar-refractivity contribution in [2.75, 3.05) is 4.72 Å². The molecule has 0 fully saturated rings. The Hall–Kier alpha value is -4.10. The average molecular weight is 438 g/mol. The van der Waals surface area contributed by atoms with Gasteiger partial charge in [-0.25, -0.2) is 22.0 Å². The number of fused-ring (bicyclic) bond motifs is 1. The van der Waals surface area contributed by atoms with E-state index in [-0.39, 0.29) is 16.8 Å². The Morgan fingerprint density at radius 1 is 1.10 bits per heavy atom. The molecule has 0 aliphatic rings. The third-order valence-corrected chi connectivity index (χ3v) is 5.85. The maximum absolute atomic E-state index is 15.1. The first-order valence-electron chi connectivity index (χ1n) is 8.76. The van der Waals surface area contributed by atoms with Gasteiger partial charge >= 0.3 is 0 Å². The third-order valence-electron chi connectivity index (χ3n) is 4.48. The van der Waals surface area contributed by atoms with E-state index in [9.17, 15) is 17.6 Å². The van der Waals surface area contributed by atoms with Crippen molar-refractivity contribution in [3.8, 4) is 0 Å². The zero-order valence-electron chi connectivity index (χ0n) is 15.6. The highest BCUT2D eigenvalue weighted by molar-refractivity contribution is 7.92. The Balaban J connectivity index is 1.73. The number of carbonyl (C=O) groups is 1. The van der Waals surface area contributed by atoms with Crippen LogP contribution in [0.15, 0.2) is 65.8 Å². The van der Waals surface area contributed by atoms with E-state index in [2.05, 4.69) is 14.8 Å². The van der Waals surface area contributed by atoms with Gasteiger partial charge in [-0.2, -0.15) is 0 Å². The van der Waals surface area contributed by atoms with Gasteiger partial charge < -0.3 is 4.98 Å². The van der Waals surface area contributed by atoms with E-state index in [1.807, 2.05) is 4.72 Å². The minimum atomic E-state index is -4.29. The number of rotatable bonds is 5. The van der Waals surface area contributed by atoms with Crippen LogP contribution in [0.25, 0.3) is 15.9 Å². The largest absolute Gasteiger partial charge is 0.345 e. The van der Waals surface area contributed by atoms with Crippen molar-refractivity contribution in [2.24, 2.45) is 0 Å². The number of sulfonamides is 1. The molecule has 0 aliphatic heterocycles. The highest BCUT2D eigenvalue weighted by Crippen LogP contribution is 2.28. The van der Waals surface area contributed by atoms with Crippen molar-refractivity contribution in [1.82, 2.24) is 9.97 Å².